The van der Waals surface area contributed by atoms with Crippen LogP contribution in [0.25, 0.3) is 0 Å². The van der Waals surface area contributed by atoms with E-state index in [4.69, 9.17) is 21.1 Å². The smallest absolute Gasteiger partial charge is 0.338 e. The van der Waals surface area contributed by atoms with Crippen molar-refractivity contribution >= 4 is 44.8 Å². The summed E-state index contributed by atoms with van der Waals surface area (Å²) in [4.78, 5) is 29.2. The van der Waals surface area contributed by atoms with E-state index in [9.17, 15) is 18.0 Å². The number of sulfonamides is 1. The van der Waals surface area contributed by atoms with Gasteiger partial charge in [0.25, 0.3) is 5.91 Å². The van der Waals surface area contributed by atoms with E-state index in [1.807, 2.05) is 18.2 Å². The van der Waals surface area contributed by atoms with Crippen LogP contribution in [0, 0.1) is 0 Å². The van der Waals surface area contributed by atoms with Gasteiger partial charge in [0, 0.05) is 29.7 Å². The second-order valence-electron chi connectivity index (χ2n) is 7.53. The molecule has 0 saturated carbocycles. The van der Waals surface area contributed by atoms with Crippen LogP contribution in [-0.4, -0.2) is 62.1 Å². The number of carbonyl (C=O) groups is 2. The molecular weight excluding hydrogens is 514 g/mol. The number of benzene rings is 2. The van der Waals surface area contributed by atoms with E-state index in [-0.39, 0.29) is 23.5 Å². The van der Waals surface area contributed by atoms with E-state index < -0.39 is 28.5 Å². The van der Waals surface area contributed by atoms with E-state index in [0.717, 1.165) is 5.56 Å². The number of esters is 1. The molecule has 2 heterocycles. The number of amides is 1. The van der Waals surface area contributed by atoms with Crippen molar-refractivity contribution in [1.82, 2.24) is 8.87 Å². The maximum atomic E-state index is 12.7. The number of morpholine rings is 1. The van der Waals surface area contributed by atoms with Crippen LogP contribution in [0.5, 0.6) is 0 Å². The first-order chi connectivity index (χ1) is 16.8. The van der Waals surface area contributed by atoms with Gasteiger partial charge in [-0.2, -0.15) is 9.30 Å². The van der Waals surface area contributed by atoms with Gasteiger partial charge in [-0.1, -0.05) is 29.8 Å². The third-order valence-corrected chi connectivity index (χ3v) is 8.28. The van der Waals surface area contributed by atoms with E-state index >= 15 is 0 Å². The Kier molecular flexibility index (Phi) is 8.14. The molecule has 3 aromatic rings. The fourth-order valence-corrected chi connectivity index (χ4v) is 5.71. The zero-order valence-electron chi connectivity index (χ0n) is 18.5. The lowest BCUT2D eigenvalue weighted by molar-refractivity contribution is -0.121. The number of hydrogen-bond donors (Lipinski definition) is 0. The Morgan fingerprint density at radius 3 is 2.51 bits per heavy atom. The number of thiazole rings is 1. The molecule has 1 aromatic heterocycles. The van der Waals surface area contributed by atoms with Gasteiger partial charge in [0.2, 0.25) is 10.0 Å². The van der Waals surface area contributed by atoms with Crippen LogP contribution >= 0.6 is 22.9 Å². The minimum atomic E-state index is -3.67. The summed E-state index contributed by atoms with van der Waals surface area (Å²) in [5.41, 5.74) is 1.01. The SMILES string of the molecule is O=C(COC(=O)c1ccc(S(=O)(=O)N2CCOCC2)cc1)N=c1sccn1Cc1ccccc1Cl. The van der Waals surface area contributed by atoms with Crippen molar-refractivity contribution < 1.29 is 27.5 Å². The molecule has 0 unspecified atom stereocenters. The maximum absolute atomic E-state index is 12.7. The maximum Gasteiger partial charge on any atom is 0.338 e. The lowest BCUT2D eigenvalue weighted by Crippen LogP contribution is -2.40. The summed E-state index contributed by atoms with van der Waals surface area (Å²) in [5.74, 6) is -1.38. The first-order valence-corrected chi connectivity index (χ1v) is 13.3. The summed E-state index contributed by atoms with van der Waals surface area (Å²) in [6, 6.07) is 12.8. The molecule has 0 radical (unpaired) electrons. The Labute approximate surface area is 211 Å². The summed E-state index contributed by atoms with van der Waals surface area (Å²) in [5, 5.41) is 2.41. The van der Waals surface area contributed by atoms with Gasteiger partial charge in [-0.3, -0.25) is 4.79 Å². The van der Waals surface area contributed by atoms with Crippen molar-refractivity contribution in [3.05, 3.63) is 81.1 Å². The van der Waals surface area contributed by atoms with Crippen LogP contribution in [0.1, 0.15) is 15.9 Å². The molecule has 12 heteroatoms. The highest BCUT2D eigenvalue weighted by molar-refractivity contribution is 7.89. The van der Waals surface area contributed by atoms with Gasteiger partial charge in [0.15, 0.2) is 11.4 Å². The van der Waals surface area contributed by atoms with Crippen LogP contribution in [0.4, 0.5) is 0 Å². The van der Waals surface area contributed by atoms with Crippen molar-refractivity contribution in [3.8, 4) is 0 Å². The van der Waals surface area contributed by atoms with Gasteiger partial charge in [0.05, 0.1) is 30.2 Å². The van der Waals surface area contributed by atoms with Crippen molar-refractivity contribution in [3.63, 3.8) is 0 Å². The van der Waals surface area contributed by atoms with E-state index in [1.54, 1.807) is 22.2 Å². The molecule has 9 nitrogen and oxygen atoms in total. The highest BCUT2D eigenvalue weighted by atomic mass is 35.5. The minimum absolute atomic E-state index is 0.0720. The Balaban J connectivity index is 1.37. The number of ether oxygens (including phenoxy) is 2. The monoisotopic (exact) mass is 535 g/mol. The molecule has 1 amide bonds. The number of carbonyl (C=O) groups excluding carboxylic acids is 2. The Hall–Kier alpha value is -2.83. The zero-order valence-corrected chi connectivity index (χ0v) is 20.9. The highest BCUT2D eigenvalue weighted by Crippen LogP contribution is 2.18. The molecule has 0 spiro atoms. The molecule has 35 heavy (non-hydrogen) atoms. The molecule has 2 aromatic carbocycles. The number of rotatable bonds is 7. The number of nitrogens with zero attached hydrogens (tertiary/aromatic N) is 3. The molecule has 4 rings (SSSR count). The normalized spacial score (nSPS) is 15.2. The average Bonchev–Trinajstić information content (AvgIpc) is 3.30. The third kappa shape index (κ3) is 6.24. The predicted molar refractivity (Wildman–Crippen MR) is 130 cm³/mol. The highest BCUT2D eigenvalue weighted by Gasteiger charge is 2.26. The van der Waals surface area contributed by atoms with Crippen LogP contribution in [0.2, 0.25) is 5.02 Å². The molecule has 0 aliphatic carbocycles. The number of hydrogen-bond acceptors (Lipinski definition) is 7. The fraction of sp³-hybridized carbons (Fsp3) is 0.261. The first kappa shape index (κ1) is 25.3. The first-order valence-electron chi connectivity index (χ1n) is 10.6. The fourth-order valence-electron chi connectivity index (χ4n) is 3.37. The molecule has 0 N–H and O–H groups in total. The van der Waals surface area contributed by atoms with Crippen LogP contribution in [0.3, 0.4) is 0 Å². The van der Waals surface area contributed by atoms with Crippen molar-refractivity contribution in [2.24, 2.45) is 4.99 Å². The lowest BCUT2D eigenvalue weighted by atomic mass is 10.2. The van der Waals surface area contributed by atoms with Gasteiger partial charge >= 0.3 is 5.97 Å². The van der Waals surface area contributed by atoms with Gasteiger partial charge in [-0.25, -0.2) is 13.2 Å². The second kappa shape index (κ2) is 11.3. The van der Waals surface area contributed by atoms with Gasteiger partial charge < -0.3 is 14.0 Å². The molecular formula is C23H22ClN3O6S2. The van der Waals surface area contributed by atoms with Crippen LogP contribution in [0.15, 0.2) is 70.0 Å². The summed E-state index contributed by atoms with van der Waals surface area (Å²) < 4.78 is 38.8. The standard InChI is InChI=1S/C23H22ClN3O6S2/c24-20-4-2-1-3-18(20)15-26-11-14-34-23(26)25-21(28)16-33-22(29)17-5-7-19(8-6-17)35(30,31)27-9-12-32-13-10-27/h1-8,11,14H,9-10,12-13,15-16H2. The second-order valence-corrected chi connectivity index (χ2v) is 10.7. The van der Waals surface area contributed by atoms with Crippen LogP contribution in [-0.2, 0) is 30.8 Å². The van der Waals surface area contributed by atoms with E-state index in [2.05, 4.69) is 4.99 Å². The summed E-state index contributed by atoms with van der Waals surface area (Å²) >= 11 is 7.48. The Bertz CT molecular complexity index is 1380. The number of aromatic nitrogens is 1. The largest absolute Gasteiger partial charge is 0.452 e. The molecule has 184 valence electrons. The van der Waals surface area contributed by atoms with E-state index in [0.29, 0.717) is 29.6 Å². The average molecular weight is 536 g/mol. The van der Waals surface area contributed by atoms with Crippen LogP contribution < -0.4 is 4.80 Å². The minimum Gasteiger partial charge on any atom is -0.452 e. The molecule has 1 aliphatic heterocycles. The molecule has 1 fully saturated rings. The Morgan fingerprint density at radius 2 is 1.80 bits per heavy atom. The van der Waals surface area contributed by atoms with Gasteiger partial charge in [-0.05, 0) is 35.9 Å². The zero-order chi connectivity index (χ0) is 24.8. The van der Waals surface area contributed by atoms with Crippen molar-refractivity contribution in [2.75, 3.05) is 32.9 Å². The van der Waals surface area contributed by atoms with Crippen molar-refractivity contribution in [2.45, 2.75) is 11.4 Å². The van der Waals surface area contributed by atoms with Gasteiger partial charge in [0.1, 0.15) is 0 Å². The Morgan fingerprint density at radius 1 is 1.09 bits per heavy atom. The third-order valence-electron chi connectivity index (χ3n) is 5.20. The quantitative estimate of drug-likeness (QED) is 0.430. The molecule has 1 saturated heterocycles. The summed E-state index contributed by atoms with van der Waals surface area (Å²) in [7, 11) is -3.67. The number of halogens is 1. The summed E-state index contributed by atoms with van der Waals surface area (Å²) in [6.07, 6.45) is 1.79. The van der Waals surface area contributed by atoms with E-state index in [1.165, 1.54) is 39.9 Å². The molecule has 1 aliphatic rings. The topological polar surface area (TPSA) is 107 Å². The predicted octanol–water partition coefficient (Wildman–Crippen LogP) is 2.56. The lowest BCUT2D eigenvalue weighted by Gasteiger charge is -2.26. The molecule has 0 bridgehead atoms. The molecule has 0 atom stereocenters. The summed E-state index contributed by atoms with van der Waals surface area (Å²) in [6.45, 7) is 1.13. The van der Waals surface area contributed by atoms with Crippen molar-refractivity contribution in [1.29, 1.82) is 0 Å². The van der Waals surface area contributed by atoms with Gasteiger partial charge in [-0.15, -0.1) is 11.3 Å².